The zero-order valence-corrected chi connectivity index (χ0v) is 9.31. The number of amides is 1. The molecule has 0 radical (unpaired) electrons. The van der Waals surface area contributed by atoms with Crippen molar-refractivity contribution in [1.82, 2.24) is 5.32 Å². The zero-order chi connectivity index (χ0) is 13.9. The molecule has 0 spiro atoms. The molecule has 0 saturated heterocycles. The molecule has 0 aliphatic rings. The summed E-state index contributed by atoms with van der Waals surface area (Å²) in [5.74, 6) is -3.54. The summed E-state index contributed by atoms with van der Waals surface area (Å²) in [5, 5.41) is 21.5. The monoisotopic (exact) mass is 260 g/mol. The molecule has 0 aliphatic heterocycles. The number of aliphatic hydroxyl groups is 1. The van der Waals surface area contributed by atoms with E-state index in [4.69, 9.17) is 5.11 Å². The molecule has 0 fully saturated rings. The van der Waals surface area contributed by atoms with Gasteiger partial charge in [0.05, 0.1) is 22.7 Å². The molecule has 0 heterocycles. The van der Waals surface area contributed by atoms with Gasteiger partial charge in [-0.15, -0.1) is 0 Å². The Morgan fingerprint density at radius 1 is 1.56 bits per heavy atom. The minimum Gasteiger partial charge on any atom is -0.392 e. The summed E-state index contributed by atoms with van der Waals surface area (Å²) in [6.45, 7) is 1.20. The highest BCUT2D eigenvalue weighted by atomic mass is 19.1. The molecule has 1 atom stereocenters. The molecule has 0 unspecified atom stereocenters. The number of rotatable bonds is 4. The fourth-order valence-corrected chi connectivity index (χ4v) is 1.21. The Hall–Kier alpha value is -2.09. The second-order valence-electron chi connectivity index (χ2n) is 3.60. The Bertz CT molecular complexity index is 491. The minimum absolute atomic E-state index is 0.178. The van der Waals surface area contributed by atoms with Crippen LogP contribution in [0, 0.1) is 21.7 Å². The maximum absolute atomic E-state index is 13.5. The second-order valence-corrected chi connectivity index (χ2v) is 3.60. The number of aliphatic hydroxyl groups excluding tert-OH is 1. The van der Waals surface area contributed by atoms with Crippen molar-refractivity contribution in [2.24, 2.45) is 0 Å². The minimum atomic E-state index is -1.41. The fourth-order valence-electron chi connectivity index (χ4n) is 1.21. The van der Waals surface area contributed by atoms with Gasteiger partial charge in [0.2, 0.25) is 5.82 Å². The summed E-state index contributed by atoms with van der Waals surface area (Å²) in [4.78, 5) is 20.8. The molecule has 1 aromatic rings. The predicted molar refractivity (Wildman–Crippen MR) is 57.0 cm³/mol. The molecule has 0 saturated carbocycles. The van der Waals surface area contributed by atoms with Crippen molar-refractivity contribution in [3.05, 3.63) is 39.4 Å². The van der Waals surface area contributed by atoms with Crippen molar-refractivity contribution in [1.29, 1.82) is 0 Å². The van der Waals surface area contributed by atoms with Crippen LogP contribution in [0.1, 0.15) is 17.3 Å². The lowest BCUT2D eigenvalue weighted by Gasteiger charge is -2.08. The number of carbonyl (C=O) groups is 1. The van der Waals surface area contributed by atoms with Crippen LogP contribution in [0.15, 0.2) is 12.1 Å². The van der Waals surface area contributed by atoms with Crippen LogP contribution in [-0.4, -0.2) is 28.6 Å². The SMILES string of the molecule is C[C@H](O)CNC(=O)c1cc(F)cc([N+](=O)[O-])c1F. The Labute approximate surface area is 100 Å². The van der Waals surface area contributed by atoms with Gasteiger partial charge in [0, 0.05) is 6.54 Å². The lowest BCUT2D eigenvalue weighted by atomic mass is 10.1. The number of carbonyl (C=O) groups excluding carboxylic acids is 1. The van der Waals surface area contributed by atoms with E-state index in [0.29, 0.717) is 12.1 Å². The number of nitrogens with one attached hydrogen (secondary N) is 1. The van der Waals surface area contributed by atoms with Crippen molar-refractivity contribution in [2.45, 2.75) is 13.0 Å². The predicted octanol–water partition coefficient (Wildman–Crippen LogP) is 0.984. The summed E-state index contributed by atoms with van der Waals surface area (Å²) in [5.41, 5.74) is -1.89. The van der Waals surface area contributed by atoms with Gasteiger partial charge in [-0.3, -0.25) is 14.9 Å². The van der Waals surface area contributed by atoms with Crippen molar-refractivity contribution >= 4 is 11.6 Å². The number of benzene rings is 1. The average Bonchev–Trinajstić information content (AvgIpc) is 2.28. The summed E-state index contributed by atoms with van der Waals surface area (Å²) >= 11 is 0. The first-order valence-electron chi connectivity index (χ1n) is 4.92. The molecule has 1 aromatic carbocycles. The highest BCUT2D eigenvalue weighted by Crippen LogP contribution is 2.22. The van der Waals surface area contributed by atoms with Gasteiger partial charge in [-0.2, -0.15) is 4.39 Å². The first-order valence-corrected chi connectivity index (χ1v) is 4.92. The molecule has 0 bridgehead atoms. The lowest BCUT2D eigenvalue weighted by Crippen LogP contribution is -2.31. The third-order valence-corrected chi connectivity index (χ3v) is 2.02. The van der Waals surface area contributed by atoms with Crippen LogP contribution < -0.4 is 5.32 Å². The summed E-state index contributed by atoms with van der Waals surface area (Å²) in [7, 11) is 0. The number of nitro benzene ring substituents is 1. The van der Waals surface area contributed by atoms with Gasteiger partial charge in [-0.1, -0.05) is 0 Å². The van der Waals surface area contributed by atoms with Crippen LogP contribution in [0.5, 0.6) is 0 Å². The highest BCUT2D eigenvalue weighted by molar-refractivity contribution is 5.95. The maximum atomic E-state index is 13.5. The summed E-state index contributed by atoms with van der Waals surface area (Å²) in [6, 6.07) is 0.945. The first kappa shape index (κ1) is 14.0. The van der Waals surface area contributed by atoms with Crippen LogP contribution >= 0.6 is 0 Å². The highest BCUT2D eigenvalue weighted by Gasteiger charge is 2.24. The van der Waals surface area contributed by atoms with Gasteiger partial charge in [0.25, 0.3) is 5.91 Å². The number of hydrogen-bond donors (Lipinski definition) is 2. The Morgan fingerprint density at radius 3 is 2.67 bits per heavy atom. The second kappa shape index (κ2) is 5.50. The molecule has 98 valence electrons. The van der Waals surface area contributed by atoms with Crippen LogP contribution in [0.2, 0.25) is 0 Å². The molecule has 18 heavy (non-hydrogen) atoms. The Morgan fingerprint density at radius 2 is 2.17 bits per heavy atom. The van der Waals surface area contributed by atoms with Gasteiger partial charge < -0.3 is 10.4 Å². The topological polar surface area (TPSA) is 92.5 Å². The molecular weight excluding hydrogens is 250 g/mol. The van der Waals surface area contributed by atoms with E-state index in [1.54, 1.807) is 0 Å². The van der Waals surface area contributed by atoms with Gasteiger partial charge in [-0.05, 0) is 13.0 Å². The van der Waals surface area contributed by atoms with E-state index in [1.807, 2.05) is 0 Å². The standard InChI is InChI=1S/C10H10F2N2O4/c1-5(15)4-13-10(16)7-2-6(11)3-8(9(7)12)14(17)18/h2-3,5,15H,4H2,1H3,(H,13,16)/t5-/m0/s1. The molecule has 8 heteroatoms. The quantitative estimate of drug-likeness (QED) is 0.623. The maximum Gasteiger partial charge on any atom is 0.308 e. The molecule has 6 nitrogen and oxygen atoms in total. The van der Waals surface area contributed by atoms with E-state index in [2.05, 4.69) is 5.32 Å². The lowest BCUT2D eigenvalue weighted by molar-refractivity contribution is -0.387. The van der Waals surface area contributed by atoms with Crippen LogP contribution in [0.3, 0.4) is 0 Å². The third kappa shape index (κ3) is 3.20. The molecule has 1 rings (SSSR count). The Balaban J connectivity index is 3.09. The van der Waals surface area contributed by atoms with E-state index in [-0.39, 0.29) is 6.54 Å². The van der Waals surface area contributed by atoms with E-state index < -0.39 is 39.8 Å². The van der Waals surface area contributed by atoms with Crippen LogP contribution in [0.4, 0.5) is 14.5 Å². The van der Waals surface area contributed by atoms with E-state index in [9.17, 15) is 23.7 Å². The van der Waals surface area contributed by atoms with Gasteiger partial charge in [0.1, 0.15) is 5.82 Å². The first-order chi connectivity index (χ1) is 8.32. The molecule has 2 N–H and O–H groups in total. The average molecular weight is 260 g/mol. The Kier molecular flexibility index (Phi) is 4.27. The van der Waals surface area contributed by atoms with Crippen molar-refractivity contribution in [2.75, 3.05) is 6.54 Å². The summed E-state index contributed by atoms with van der Waals surface area (Å²) < 4.78 is 26.6. The normalized spacial score (nSPS) is 12.0. The fraction of sp³-hybridized carbons (Fsp3) is 0.300. The van der Waals surface area contributed by atoms with Crippen molar-refractivity contribution < 1.29 is 23.6 Å². The third-order valence-electron chi connectivity index (χ3n) is 2.02. The molecular formula is C10H10F2N2O4. The van der Waals surface area contributed by atoms with Crippen LogP contribution in [-0.2, 0) is 0 Å². The van der Waals surface area contributed by atoms with Crippen molar-refractivity contribution in [3.63, 3.8) is 0 Å². The van der Waals surface area contributed by atoms with Gasteiger partial charge in [-0.25, -0.2) is 4.39 Å². The number of nitro groups is 1. The van der Waals surface area contributed by atoms with E-state index >= 15 is 0 Å². The smallest absolute Gasteiger partial charge is 0.308 e. The van der Waals surface area contributed by atoms with Gasteiger partial charge >= 0.3 is 5.69 Å². The molecule has 0 aliphatic carbocycles. The van der Waals surface area contributed by atoms with E-state index in [1.165, 1.54) is 6.92 Å². The molecule has 0 aromatic heterocycles. The van der Waals surface area contributed by atoms with Crippen LogP contribution in [0.25, 0.3) is 0 Å². The number of halogens is 2. The van der Waals surface area contributed by atoms with E-state index in [0.717, 1.165) is 0 Å². The van der Waals surface area contributed by atoms with Crippen molar-refractivity contribution in [3.8, 4) is 0 Å². The van der Waals surface area contributed by atoms with Gasteiger partial charge in [0.15, 0.2) is 0 Å². The number of nitrogens with zero attached hydrogens (tertiary/aromatic N) is 1. The number of hydrogen-bond acceptors (Lipinski definition) is 4. The zero-order valence-electron chi connectivity index (χ0n) is 9.31. The largest absolute Gasteiger partial charge is 0.392 e. The summed E-state index contributed by atoms with van der Waals surface area (Å²) in [6.07, 6.45) is -0.874. The molecule has 1 amide bonds.